The summed E-state index contributed by atoms with van der Waals surface area (Å²) in [6.45, 7) is 6.15. The molecule has 2 atom stereocenters. The molecule has 5 nitrogen and oxygen atoms in total. The van der Waals surface area contributed by atoms with E-state index in [1.165, 1.54) is 12.2 Å². The number of imide groups is 1. The van der Waals surface area contributed by atoms with Gasteiger partial charge in [0, 0.05) is 12.2 Å². The number of nitrogens with zero attached hydrogens (tertiary/aromatic N) is 1. The van der Waals surface area contributed by atoms with Crippen LogP contribution in [0.2, 0.25) is 0 Å². The Morgan fingerprint density at radius 3 is 2.32 bits per heavy atom. The fourth-order valence-electron chi connectivity index (χ4n) is 2.07. The molecule has 0 radical (unpaired) electrons. The maximum atomic E-state index is 12.0. The second kappa shape index (κ2) is 7.07. The maximum Gasteiger partial charge on any atom is 0.329 e. The number of carbonyl (C=O) groups is 3. The summed E-state index contributed by atoms with van der Waals surface area (Å²) in [4.78, 5) is 36.0. The summed E-state index contributed by atoms with van der Waals surface area (Å²) in [5.74, 6) is -1.11. The van der Waals surface area contributed by atoms with Gasteiger partial charge >= 0.3 is 5.97 Å². The highest BCUT2D eigenvalue weighted by atomic mass is 16.5. The third-order valence-electron chi connectivity index (χ3n) is 3.11. The summed E-state index contributed by atoms with van der Waals surface area (Å²) in [6.07, 6.45) is 4.73. The minimum atomic E-state index is -0.816. The number of ether oxygens (including phenoxy) is 1. The van der Waals surface area contributed by atoms with Crippen molar-refractivity contribution in [2.75, 3.05) is 6.61 Å². The highest BCUT2D eigenvalue weighted by Gasteiger charge is 2.35. The molecule has 0 aromatic heterocycles. The lowest BCUT2D eigenvalue weighted by Gasteiger charge is -2.24. The minimum absolute atomic E-state index is 0.287. The van der Waals surface area contributed by atoms with Crippen molar-refractivity contribution in [1.29, 1.82) is 0 Å². The first-order chi connectivity index (χ1) is 9.01. The van der Waals surface area contributed by atoms with E-state index in [2.05, 4.69) is 6.92 Å². The van der Waals surface area contributed by atoms with Gasteiger partial charge in [0.1, 0.15) is 6.04 Å². The highest BCUT2D eigenvalue weighted by molar-refractivity contribution is 6.14. The van der Waals surface area contributed by atoms with Gasteiger partial charge in [0.05, 0.1) is 6.61 Å². The molecule has 2 amide bonds. The van der Waals surface area contributed by atoms with Crippen LogP contribution in [0.5, 0.6) is 0 Å². The molecule has 19 heavy (non-hydrogen) atoms. The molecule has 1 rings (SSSR count). The van der Waals surface area contributed by atoms with Gasteiger partial charge in [-0.2, -0.15) is 0 Å². The van der Waals surface area contributed by atoms with Crippen LogP contribution in [0.25, 0.3) is 0 Å². The largest absolute Gasteiger partial charge is 0.464 e. The number of rotatable bonds is 7. The van der Waals surface area contributed by atoms with E-state index >= 15 is 0 Å². The Labute approximate surface area is 113 Å². The van der Waals surface area contributed by atoms with Crippen LogP contribution < -0.4 is 0 Å². The van der Waals surface area contributed by atoms with E-state index in [4.69, 9.17) is 4.74 Å². The molecule has 5 heteroatoms. The van der Waals surface area contributed by atoms with E-state index in [1.807, 2.05) is 6.92 Å². The van der Waals surface area contributed by atoms with E-state index in [1.54, 1.807) is 6.92 Å². The van der Waals surface area contributed by atoms with Gasteiger partial charge in [-0.1, -0.05) is 27.2 Å². The van der Waals surface area contributed by atoms with Gasteiger partial charge < -0.3 is 4.74 Å². The molecule has 0 saturated heterocycles. The van der Waals surface area contributed by atoms with E-state index in [-0.39, 0.29) is 5.92 Å². The van der Waals surface area contributed by atoms with Gasteiger partial charge in [0.15, 0.2) is 0 Å². The lowest BCUT2D eigenvalue weighted by molar-refractivity contribution is -0.158. The Kier molecular flexibility index (Phi) is 5.73. The van der Waals surface area contributed by atoms with E-state index in [9.17, 15) is 14.4 Å². The molecule has 0 N–H and O–H groups in total. The molecule has 0 saturated carbocycles. The molecule has 1 heterocycles. The monoisotopic (exact) mass is 267 g/mol. The summed E-state index contributed by atoms with van der Waals surface area (Å²) in [5.41, 5.74) is 0. The Morgan fingerprint density at radius 2 is 1.84 bits per heavy atom. The van der Waals surface area contributed by atoms with Crippen molar-refractivity contribution in [2.24, 2.45) is 5.92 Å². The van der Waals surface area contributed by atoms with Crippen LogP contribution in [0.1, 0.15) is 40.0 Å². The van der Waals surface area contributed by atoms with Crippen LogP contribution in [0, 0.1) is 5.92 Å². The number of hydrogen-bond donors (Lipinski definition) is 0. The van der Waals surface area contributed by atoms with Gasteiger partial charge in [0.25, 0.3) is 11.8 Å². The second-order valence-electron chi connectivity index (χ2n) is 4.83. The van der Waals surface area contributed by atoms with Gasteiger partial charge in [-0.05, 0) is 18.8 Å². The van der Waals surface area contributed by atoms with Crippen LogP contribution in [0.4, 0.5) is 0 Å². The van der Waals surface area contributed by atoms with Crippen molar-refractivity contribution < 1.29 is 19.1 Å². The van der Waals surface area contributed by atoms with Crippen LogP contribution >= 0.6 is 0 Å². The van der Waals surface area contributed by atoms with Gasteiger partial charge in [-0.25, -0.2) is 4.79 Å². The van der Waals surface area contributed by atoms with Gasteiger partial charge in [0.2, 0.25) is 0 Å². The SMILES string of the molecule is CCCC(C)COC(=O)C(CC)N1C(=O)C=CC1=O. The van der Waals surface area contributed by atoms with Crippen LogP contribution in [0.15, 0.2) is 12.2 Å². The Bertz CT molecular complexity index is 371. The van der Waals surface area contributed by atoms with Crippen molar-refractivity contribution in [3.8, 4) is 0 Å². The van der Waals surface area contributed by atoms with Gasteiger partial charge in [-0.15, -0.1) is 0 Å². The average molecular weight is 267 g/mol. The molecular formula is C14H21NO4. The van der Waals surface area contributed by atoms with Crippen molar-refractivity contribution in [1.82, 2.24) is 4.90 Å². The van der Waals surface area contributed by atoms with E-state index in [0.29, 0.717) is 13.0 Å². The Balaban J connectivity index is 2.57. The lowest BCUT2D eigenvalue weighted by Crippen LogP contribution is -2.45. The van der Waals surface area contributed by atoms with E-state index in [0.717, 1.165) is 17.7 Å². The summed E-state index contributed by atoms with van der Waals surface area (Å²) >= 11 is 0. The average Bonchev–Trinajstić information content (AvgIpc) is 2.69. The standard InChI is InChI=1S/C14H21NO4/c1-4-6-10(3)9-19-14(18)11(5-2)15-12(16)7-8-13(15)17/h7-8,10-11H,4-6,9H2,1-3H3. The Hall–Kier alpha value is -1.65. The number of hydrogen-bond acceptors (Lipinski definition) is 4. The number of esters is 1. The second-order valence-corrected chi connectivity index (χ2v) is 4.83. The quantitative estimate of drug-likeness (QED) is 0.520. The van der Waals surface area contributed by atoms with Crippen LogP contribution in [-0.2, 0) is 19.1 Å². The van der Waals surface area contributed by atoms with Crippen LogP contribution in [0.3, 0.4) is 0 Å². The minimum Gasteiger partial charge on any atom is -0.464 e. The van der Waals surface area contributed by atoms with Gasteiger partial charge in [-0.3, -0.25) is 14.5 Å². The summed E-state index contributed by atoms with van der Waals surface area (Å²) in [6, 6.07) is -0.816. The van der Waals surface area contributed by atoms with Crippen molar-refractivity contribution >= 4 is 17.8 Å². The van der Waals surface area contributed by atoms with Crippen molar-refractivity contribution in [2.45, 2.75) is 46.1 Å². The first kappa shape index (κ1) is 15.4. The summed E-state index contributed by atoms with van der Waals surface area (Å²) in [5, 5.41) is 0. The molecule has 0 spiro atoms. The molecule has 2 unspecified atom stereocenters. The smallest absolute Gasteiger partial charge is 0.329 e. The van der Waals surface area contributed by atoms with Crippen molar-refractivity contribution in [3.05, 3.63) is 12.2 Å². The summed E-state index contributed by atoms with van der Waals surface area (Å²) in [7, 11) is 0. The zero-order valence-corrected chi connectivity index (χ0v) is 11.7. The summed E-state index contributed by atoms with van der Waals surface area (Å²) < 4.78 is 5.21. The van der Waals surface area contributed by atoms with Crippen LogP contribution in [-0.4, -0.2) is 35.3 Å². The fraction of sp³-hybridized carbons (Fsp3) is 0.643. The zero-order valence-electron chi connectivity index (χ0n) is 11.7. The third-order valence-corrected chi connectivity index (χ3v) is 3.11. The number of amides is 2. The molecule has 106 valence electrons. The highest BCUT2D eigenvalue weighted by Crippen LogP contribution is 2.14. The topological polar surface area (TPSA) is 63.7 Å². The molecule has 1 aliphatic heterocycles. The predicted octanol–water partition coefficient (Wildman–Crippen LogP) is 1.67. The molecule has 0 bridgehead atoms. The normalized spacial score (nSPS) is 17.7. The first-order valence-electron chi connectivity index (χ1n) is 6.73. The lowest BCUT2D eigenvalue weighted by atomic mass is 10.1. The fourth-order valence-corrected chi connectivity index (χ4v) is 2.07. The molecule has 0 aliphatic carbocycles. The van der Waals surface area contributed by atoms with E-state index < -0.39 is 23.8 Å². The molecule has 1 aliphatic rings. The molecule has 0 aromatic carbocycles. The molecular weight excluding hydrogens is 246 g/mol. The zero-order chi connectivity index (χ0) is 14.4. The third kappa shape index (κ3) is 3.91. The van der Waals surface area contributed by atoms with Crippen molar-refractivity contribution in [3.63, 3.8) is 0 Å². The maximum absolute atomic E-state index is 12.0. The number of carbonyl (C=O) groups excluding carboxylic acids is 3. The molecule has 0 aromatic rings. The predicted molar refractivity (Wildman–Crippen MR) is 70.1 cm³/mol. The molecule has 0 fully saturated rings. The Morgan fingerprint density at radius 1 is 1.26 bits per heavy atom. The first-order valence-corrected chi connectivity index (χ1v) is 6.73.